The molecule has 2 atom stereocenters. The van der Waals surface area contributed by atoms with Gasteiger partial charge in [-0.3, -0.25) is 0 Å². The van der Waals surface area contributed by atoms with Crippen molar-refractivity contribution in [2.45, 2.75) is 32.4 Å². The van der Waals surface area contributed by atoms with Crippen molar-refractivity contribution in [3.05, 3.63) is 35.9 Å². The number of nitrogens with two attached hydrogens (primary N) is 1. The molecule has 0 radical (unpaired) electrons. The third kappa shape index (κ3) is 4.87. The molecule has 1 aromatic rings. The van der Waals surface area contributed by atoms with Gasteiger partial charge in [-0.15, -0.1) is 0 Å². The van der Waals surface area contributed by atoms with Gasteiger partial charge >= 0.3 is 6.09 Å². The highest BCUT2D eigenvalue weighted by Crippen LogP contribution is 2.09. The topological polar surface area (TPSA) is 64.3 Å². The second kappa shape index (κ2) is 6.91. The first-order chi connectivity index (χ1) is 8.13. The van der Waals surface area contributed by atoms with E-state index in [4.69, 9.17) is 10.5 Å². The van der Waals surface area contributed by atoms with Gasteiger partial charge in [-0.25, -0.2) is 4.79 Å². The highest BCUT2D eigenvalue weighted by molar-refractivity contribution is 5.67. The number of ether oxygens (including phenoxy) is 1. The minimum atomic E-state index is -0.411. The van der Waals surface area contributed by atoms with Crippen molar-refractivity contribution in [3.8, 4) is 0 Å². The van der Waals surface area contributed by atoms with Crippen LogP contribution in [0.4, 0.5) is 4.79 Å². The number of amides is 1. The zero-order valence-electron chi connectivity index (χ0n) is 10.3. The molecule has 0 spiro atoms. The van der Waals surface area contributed by atoms with Crippen LogP contribution in [0.2, 0.25) is 0 Å². The molecule has 0 aliphatic carbocycles. The van der Waals surface area contributed by atoms with E-state index in [1.807, 2.05) is 44.2 Å². The molecule has 0 aromatic heterocycles. The van der Waals surface area contributed by atoms with E-state index in [1.165, 1.54) is 0 Å². The molecule has 1 amide bonds. The first-order valence-electron chi connectivity index (χ1n) is 5.87. The lowest BCUT2D eigenvalue weighted by Gasteiger charge is -2.15. The summed E-state index contributed by atoms with van der Waals surface area (Å²) in [4.78, 5) is 11.4. The summed E-state index contributed by atoms with van der Waals surface area (Å²) in [6.07, 6.45) is 0.463. The van der Waals surface area contributed by atoms with Crippen LogP contribution in [0, 0.1) is 0 Å². The second-order valence-electron chi connectivity index (χ2n) is 4.07. The van der Waals surface area contributed by atoms with E-state index in [0.29, 0.717) is 0 Å². The molecule has 0 aliphatic heterocycles. The maximum atomic E-state index is 11.4. The van der Waals surface area contributed by atoms with E-state index in [-0.39, 0.29) is 18.7 Å². The van der Waals surface area contributed by atoms with E-state index in [1.54, 1.807) is 0 Å². The van der Waals surface area contributed by atoms with E-state index in [2.05, 4.69) is 5.32 Å². The van der Waals surface area contributed by atoms with Gasteiger partial charge in [0, 0.05) is 6.04 Å². The molecule has 94 valence electrons. The van der Waals surface area contributed by atoms with E-state index in [9.17, 15) is 4.79 Å². The molecule has 4 heteroatoms. The summed E-state index contributed by atoms with van der Waals surface area (Å²) in [5.74, 6) is 0. The Morgan fingerprint density at radius 1 is 1.41 bits per heavy atom. The van der Waals surface area contributed by atoms with Crippen LogP contribution in [-0.4, -0.2) is 18.7 Å². The molecular formula is C13H20N2O2. The number of benzene rings is 1. The average Bonchev–Trinajstić information content (AvgIpc) is 2.36. The van der Waals surface area contributed by atoms with Gasteiger partial charge in [0.2, 0.25) is 0 Å². The number of carbonyl (C=O) groups excluding carboxylic acids is 1. The number of hydrogen-bond acceptors (Lipinski definition) is 3. The minimum absolute atomic E-state index is 0.121. The van der Waals surface area contributed by atoms with Crippen LogP contribution in [0.15, 0.2) is 30.3 Å². The fraction of sp³-hybridized carbons (Fsp3) is 0.462. The number of nitrogens with one attached hydrogen (secondary N) is 1. The van der Waals surface area contributed by atoms with Crippen LogP contribution in [0.3, 0.4) is 0 Å². The summed E-state index contributed by atoms with van der Waals surface area (Å²) in [7, 11) is 0. The van der Waals surface area contributed by atoms with Gasteiger partial charge in [0.05, 0.1) is 6.04 Å². The van der Waals surface area contributed by atoms with Gasteiger partial charge in [-0.1, -0.05) is 37.3 Å². The van der Waals surface area contributed by atoms with E-state index >= 15 is 0 Å². The summed E-state index contributed by atoms with van der Waals surface area (Å²) in [5, 5.41) is 2.72. The summed E-state index contributed by atoms with van der Waals surface area (Å²) in [5.41, 5.74) is 6.86. The summed E-state index contributed by atoms with van der Waals surface area (Å²) in [6.45, 7) is 4.12. The summed E-state index contributed by atoms with van der Waals surface area (Å²) >= 11 is 0. The van der Waals surface area contributed by atoms with E-state index < -0.39 is 6.09 Å². The Labute approximate surface area is 102 Å². The third-order valence-corrected chi connectivity index (χ3v) is 2.60. The van der Waals surface area contributed by atoms with Crippen LogP contribution in [0.1, 0.15) is 31.9 Å². The lowest BCUT2D eigenvalue weighted by Crippen LogP contribution is -2.34. The van der Waals surface area contributed by atoms with Crippen molar-refractivity contribution in [1.82, 2.24) is 5.32 Å². The molecule has 1 unspecified atom stereocenters. The van der Waals surface area contributed by atoms with Crippen molar-refractivity contribution in [3.63, 3.8) is 0 Å². The molecule has 0 heterocycles. The van der Waals surface area contributed by atoms with Gasteiger partial charge in [-0.05, 0) is 18.9 Å². The Kier molecular flexibility index (Phi) is 5.49. The average molecular weight is 236 g/mol. The van der Waals surface area contributed by atoms with Gasteiger partial charge in [-0.2, -0.15) is 0 Å². The van der Waals surface area contributed by atoms with Crippen molar-refractivity contribution in [2.24, 2.45) is 5.73 Å². The first-order valence-corrected chi connectivity index (χ1v) is 5.87. The Morgan fingerprint density at radius 3 is 2.65 bits per heavy atom. The van der Waals surface area contributed by atoms with Gasteiger partial charge in [0.25, 0.3) is 0 Å². The maximum absolute atomic E-state index is 11.4. The van der Waals surface area contributed by atoms with Crippen molar-refractivity contribution >= 4 is 6.09 Å². The molecule has 0 bridgehead atoms. The zero-order chi connectivity index (χ0) is 12.7. The molecular weight excluding hydrogens is 216 g/mol. The lowest BCUT2D eigenvalue weighted by atomic mass is 10.1. The minimum Gasteiger partial charge on any atom is -0.448 e. The number of carbonyl (C=O) groups is 1. The third-order valence-electron chi connectivity index (χ3n) is 2.60. The summed E-state index contributed by atoms with van der Waals surface area (Å²) < 4.78 is 5.06. The molecule has 0 saturated heterocycles. The number of alkyl carbamates (subject to hydrolysis) is 1. The van der Waals surface area contributed by atoms with Crippen LogP contribution in [0.5, 0.6) is 0 Å². The van der Waals surface area contributed by atoms with Gasteiger partial charge in [0.1, 0.15) is 6.61 Å². The highest BCUT2D eigenvalue weighted by atomic mass is 16.5. The molecule has 4 nitrogen and oxygen atoms in total. The van der Waals surface area contributed by atoms with Crippen LogP contribution in [-0.2, 0) is 4.74 Å². The SMILES string of the molecule is CCC(C)NC(=O)OC[C@H](N)c1ccccc1. The number of rotatable bonds is 5. The van der Waals surface area contributed by atoms with Crippen LogP contribution >= 0.6 is 0 Å². The Balaban J connectivity index is 2.33. The Hall–Kier alpha value is -1.55. The highest BCUT2D eigenvalue weighted by Gasteiger charge is 2.10. The van der Waals surface area contributed by atoms with Crippen molar-refractivity contribution in [1.29, 1.82) is 0 Å². The quantitative estimate of drug-likeness (QED) is 0.823. The van der Waals surface area contributed by atoms with E-state index in [0.717, 1.165) is 12.0 Å². The fourth-order valence-electron chi connectivity index (χ4n) is 1.31. The normalized spacial score (nSPS) is 13.8. The van der Waals surface area contributed by atoms with Crippen LogP contribution < -0.4 is 11.1 Å². The molecule has 0 aliphatic rings. The second-order valence-corrected chi connectivity index (χ2v) is 4.07. The number of hydrogen-bond donors (Lipinski definition) is 2. The molecule has 0 fully saturated rings. The predicted octanol–water partition coefficient (Wildman–Crippen LogP) is 2.21. The van der Waals surface area contributed by atoms with Crippen molar-refractivity contribution in [2.75, 3.05) is 6.61 Å². The molecule has 1 rings (SSSR count). The summed E-state index contributed by atoms with van der Waals surface area (Å²) in [6, 6.07) is 9.42. The zero-order valence-corrected chi connectivity index (χ0v) is 10.3. The largest absolute Gasteiger partial charge is 0.448 e. The molecule has 17 heavy (non-hydrogen) atoms. The smallest absolute Gasteiger partial charge is 0.407 e. The molecule has 1 aromatic carbocycles. The first kappa shape index (κ1) is 13.5. The Morgan fingerprint density at radius 2 is 2.06 bits per heavy atom. The van der Waals surface area contributed by atoms with Crippen LogP contribution in [0.25, 0.3) is 0 Å². The predicted molar refractivity (Wildman–Crippen MR) is 67.6 cm³/mol. The fourth-order valence-corrected chi connectivity index (χ4v) is 1.31. The van der Waals surface area contributed by atoms with Gasteiger partial charge in [0.15, 0.2) is 0 Å². The van der Waals surface area contributed by atoms with Crippen molar-refractivity contribution < 1.29 is 9.53 Å². The standard InChI is InChI=1S/C13H20N2O2/c1-3-10(2)15-13(16)17-9-12(14)11-7-5-4-6-8-11/h4-8,10,12H,3,9,14H2,1-2H3,(H,15,16)/t10?,12-/m0/s1. The van der Waals surface area contributed by atoms with Gasteiger partial charge < -0.3 is 15.8 Å². The molecule has 0 saturated carbocycles. The lowest BCUT2D eigenvalue weighted by molar-refractivity contribution is 0.136. The monoisotopic (exact) mass is 236 g/mol. The molecule has 3 N–H and O–H groups in total. The Bertz CT molecular complexity index is 341. The maximum Gasteiger partial charge on any atom is 0.407 e.